The van der Waals surface area contributed by atoms with Crippen LogP contribution in [-0.4, -0.2) is 13.0 Å². The number of carbonyl (C=O) groups excluding carboxylic acids is 1. The molecule has 5 heteroatoms. The van der Waals surface area contributed by atoms with Crippen LogP contribution >= 0.6 is 0 Å². The van der Waals surface area contributed by atoms with Gasteiger partial charge in [0.25, 0.3) is 0 Å². The zero-order chi connectivity index (χ0) is 14.5. The van der Waals surface area contributed by atoms with Gasteiger partial charge in [-0.25, -0.2) is 4.39 Å². The first-order valence-electron chi connectivity index (χ1n) is 6.09. The summed E-state index contributed by atoms with van der Waals surface area (Å²) in [6, 6.07) is 11.4. The van der Waals surface area contributed by atoms with Crippen molar-refractivity contribution in [3.63, 3.8) is 0 Å². The van der Waals surface area contributed by atoms with Gasteiger partial charge in [-0.3, -0.25) is 4.79 Å². The summed E-state index contributed by atoms with van der Waals surface area (Å²) in [7, 11) is 1.82. The van der Waals surface area contributed by atoms with Crippen molar-refractivity contribution in [2.75, 3.05) is 12.4 Å². The van der Waals surface area contributed by atoms with E-state index in [9.17, 15) is 9.18 Å². The summed E-state index contributed by atoms with van der Waals surface area (Å²) in [5.41, 5.74) is 6.56. The Labute approximate surface area is 116 Å². The fourth-order valence-electron chi connectivity index (χ4n) is 1.70. The second-order valence-electron chi connectivity index (χ2n) is 4.23. The molecule has 0 unspecified atom stereocenters. The van der Waals surface area contributed by atoms with Gasteiger partial charge in [-0.2, -0.15) is 0 Å². The predicted octanol–water partition coefficient (Wildman–Crippen LogP) is 2.55. The minimum absolute atomic E-state index is 0.0871. The first-order valence-corrected chi connectivity index (χ1v) is 6.09. The maximum absolute atomic E-state index is 13.7. The summed E-state index contributed by atoms with van der Waals surface area (Å²) in [6.07, 6.45) is 0. The van der Waals surface area contributed by atoms with Gasteiger partial charge in [-0.05, 0) is 36.4 Å². The number of hydrogen-bond acceptors (Lipinski definition) is 3. The van der Waals surface area contributed by atoms with Gasteiger partial charge in [-0.15, -0.1) is 0 Å². The third kappa shape index (κ3) is 3.26. The number of nitrogens with one attached hydrogen (secondary N) is 1. The van der Waals surface area contributed by atoms with E-state index in [1.165, 1.54) is 12.1 Å². The molecule has 0 aromatic heterocycles. The number of ether oxygens (including phenoxy) is 1. The van der Waals surface area contributed by atoms with Gasteiger partial charge >= 0.3 is 0 Å². The highest BCUT2D eigenvalue weighted by atomic mass is 19.1. The molecule has 0 radical (unpaired) electrons. The number of amides is 1. The number of carbonyl (C=O) groups is 1. The molecule has 1 amide bonds. The smallest absolute Gasteiger partial charge is 0.248 e. The van der Waals surface area contributed by atoms with E-state index in [0.29, 0.717) is 11.3 Å². The fraction of sp³-hybridized carbons (Fsp3) is 0.133. The van der Waals surface area contributed by atoms with Crippen molar-refractivity contribution in [3.05, 3.63) is 59.4 Å². The summed E-state index contributed by atoms with van der Waals surface area (Å²) in [4.78, 5) is 10.9. The topological polar surface area (TPSA) is 64.3 Å². The summed E-state index contributed by atoms with van der Waals surface area (Å²) in [5, 5.41) is 2.99. The molecule has 0 atom stereocenters. The van der Waals surface area contributed by atoms with Crippen LogP contribution in [-0.2, 0) is 6.61 Å². The summed E-state index contributed by atoms with van der Waals surface area (Å²) < 4.78 is 19.2. The molecule has 104 valence electrons. The third-order valence-corrected chi connectivity index (χ3v) is 2.87. The minimum Gasteiger partial charge on any atom is -0.489 e. The largest absolute Gasteiger partial charge is 0.489 e. The molecule has 2 rings (SSSR count). The highest BCUT2D eigenvalue weighted by Gasteiger charge is 2.07. The van der Waals surface area contributed by atoms with E-state index in [0.717, 1.165) is 11.8 Å². The summed E-state index contributed by atoms with van der Waals surface area (Å²) in [5.74, 6) is -0.519. The number of rotatable bonds is 5. The van der Waals surface area contributed by atoms with E-state index < -0.39 is 11.7 Å². The van der Waals surface area contributed by atoms with Crippen LogP contribution in [0, 0.1) is 5.82 Å². The molecular formula is C15H15FN2O2. The lowest BCUT2D eigenvalue weighted by Crippen LogP contribution is -2.11. The monoisotopic (exact) mass is 274 g/mol. The number of primary amides is 1. The van der Waals surface area contributed by atoms with Crippen molar-refractivity contribution in [2.24, 2.45) is 5.73 Å². The zero-order valence-corrected chi connectivity index (χ0v) is 11.0. The van der Waals surface area contributed by atoms with Gasteiger partial charge in [0.05, 0.1) is 0 Å². The van der Waals surface area contributed by atoms with Gasteiger partial charge < -0.3 is 15.8 Å². The number of hydrogen-bond donors (Lipinski definition) is 2. The highest BCUT2D eigenvalue weighted by molar-refractivity contribution is 5.92. The van der Waals surface area contributed by atoms with Crippen molar-refractivity contribution >= 4 is 11.6 Å². The molecule has 0 bridgehead atoms. The molecule has 0 aliphatic carbocycles. The molecule has 2 aromatic rings. The van der Waals surface area contributed by atoms with Gasteiger partial charge in [-0.1, -0.05) is 6.07 Å². The van der Waals surface area contributed by atoms with Crippen molar-refractivity contribution < 1.29 is 13.9 Å². The molecule has 4 nitrogen and oxygen atoms in total. The van der Waals surface area contributed by atoms with Gasteiger partial charge in [0.1, 0.15) is 18.2 Å². The van der Waals surface area contributed by atoms with Gasteiger partial charge in [0.2, 0.25) is 5.91 Å². The number of nitrogens with two attached hydrogens (primary N) is 1. The van der Waals surface area contributed by atoms with Crippen molar-refractivity contribution in [1.29, 1.82) is 0 Å². The Morgan fingerprint density at radius 1 is 1.25 bits per heavy atom. The molecule has 0 spiro atoms. The Bertz CT molecular complexity index is 612. The Hall–Kier alpha value is -2.56. The van der Waals surface area contributed by atoms with E-state index in [2.05, 4.69) is 5.32 Å². The second kappa shape index (κ2) is 6.06. The summed E-state index contributed by atoms with van der Waals surface area (Å²) >= 11 is 0. The average Bonchev–Trinajstić information content (AvgIpc) is 2.46. The Kier molecular flexibility index (Phi) is 4.20. The van der Waals surface area contributed by atoms with E-state index in [4.69, 9.17) is 10.5 Å². The van der Waals surface area contributed by atoms with E-state index >= 15 is 0 Å². The maximum Gasteiger partial charge on any atom is 0.248 e. The van der Waals surface area contributed by atoms with Crippen LogP contribution in [0.25, 0.3) is 0 Å². The zero-order valence-electron chi connectivity index (χ0n) is 11.0. The predicted molar refractivity (Wildman–Crippen MR) is 75.2 cm³/mol. The lowest BCUT2D eigenvalue weighted by molar-refractivity contribution is 0.0999. The van der Waals surface area contributed by atoms with Crippen LogP contribution in [0.1, 0.15) is 15.9 Å². The first-order chi connectivity index (χ1) is 9.60. The second-order valence-corrected chi connectivity index (χ2v) is 4.23. The highest BCUT2D eigenvalue weighted by Crippen LogP contribution is 2.18. The summed E-state index contributed by atoms with van der Waals surface area (Å²) in [6.45, 7) is 0.0871. The van der Waals surface area contributed by atoms with Gasteiger partial charge in [0, 0.05) is 23.9 Å². The molecule has 0 heterocycles. The van der Waals surface area contributed by atoms with Crippen LogP contribution in [0.3, 0.4) is 0 Å². The molecule has 2 aromatic carbocycles. The molecule has 0 aliphatic rings. The first kappa shape index (κ1) is 13.9. The van der Waals surface area contributed by atoms with Crippen LogP contribution < -0.4 is 15.8 Å². The van der Waals surface area contributed by atoms with Crippen molar-refractivity contribution in [3.8, 4) is 5.75 Å². The lowest BCUT2D eigenvalue weighted by Gasteiger charge is -2.08. The van der Waals surface area contributed by atoms with E-state index in [1.54, 1.807) is 12.1 Å². The lowest BCUT2D eigenvalue weighted by atomic mass is 10.1. The third-order valence-electron chi connectivity index (χ3n) is 2.87. The molecule has 0 aliphatic heterocycles. The molecule has 20 heavy (non-hydrogen) atoms. The molecular weight excluding hydrogens is 259 g/mol. The SMILES string of the molecule is CNc1ccc(OCc2ccc(C(N)=O)cc2F)cc1. The quantitative estimate of drug-likeness (QED) is 0.880. The molecule has 0 saturated carbocycles. The Morgan fingerprint density at radius 2 is 1.95 bits per heavy atom. The van der Waals surface area contributed by atoms with E-state index in [1.807, 2.05) is 19.2 Å². The average molecular weight is 274 g/mol. The number of halogens is 1. The fourth-order valence-corrected chi connectivity index (χ4v) is 1.70. The van der Waals surface area contributed by atoms with Crippen LogP contribution in [0.2, 0.25) is 0 Å². The molecule has 0 saturated heterocycles. The van der Waals surface area contributed by atoms with Crippen molar-refractivity contribution in [1.82, 2.24) is 0 Å². The maximum atomic E-state index is 13.7. The molecule has 3 N–H and O–H groups in total. The Balaban J connectivity index is 2.04. The van der Waals surface area contributed by atoms with Gasteiger partial charge in [0.15, 0.2) is 0 Å². The molecule has 0 fully saturated rings. The number of anilines is 1. The van der Waals surface area contributed by atoms with Crippen LogP contribution in [0.15, 0.2) is 42.5 Å². The normalized spacial score (nSPS) is 10.1. The van der Waals surface area contributed by atoms with Crippen molar-refractivity contribution in [2.45, 2.75) is 6.61 Å². The van der Waals surface area contributed by atoms with Crippen LogP contribution in [0.5, 0.6) is 5.75 Å². The standard InChI is InChI=1S/C15H15FN2O2/c1-18-12-4-6-13(7-5-12)20-9-11-3-2-10(15(17)19)8-14(11)16/h2-8,18H,9H2,1H3,(H2,17,19). The van der Waals surface area contributed by atoms with E-state index in [-0.39, 0.29) is 12.2 Å². The number of benzene rings is 2. The minimum atomic E-state index is -0.654. The van der Waals surface area contributed by atoms with Crippen LogP contribution in [0.4, 0.5) is 10.1 Å². The Morgan fingerprint density at radius 3 is 2.50 bits per heavy atom.